The number of rotatable bonds is 0. The molecule has 0 radical (unpaired) electrons. The van der Waals surface area contributed by atoms with Crippen LogP contribution in [0.15, 0.2) is 11.2 Å². The summed E-state index contributed by atoms with van der Waals surface area (Å²) in [5.74, 6) is 0. The molecule has 0 aliphatic carbocycles. The summed E-state index contributed by atoms with van der Waals surface area (Å²) in [4.78, 5) is 4.19. The maximum atomic E-state index is 5.79. The van der Waals surface area contributed by atoms with E-state index < -0.39 is 0 Å². The van der Waals surface area contributed by atoms with Gasteiger partial charge in [-0.3, -0.25) is 4.90 Å². The Balaban J connectivity index is 2.56. The standard InChI is InChI=1S/C6H11ClN2/c1-8-4-3-6(7)9(2)5-8/h3H,4-5H2,1-2H3. The summed E-state index contributed by atoms with van der Waals surface area (Å²) in [7, 11) is 4.05. The molecule has 2 nitrogen and oxygen atoms in total. The number of hydrogen-bond acceptors (Lipinski definition) is 2. The number of likely N-dealkylation sites (N-methyl/N-ethyl adjacent to an activating group) is 1. The van der Waals surface area contributed by atoms with E-state index in [1.54, 1.807) is 0 Å². The molecular formula is C6H11ClN2. The van der Waals surface area contributed by atoms with Gasteiger partial charge in [-0.1, -0.05) is 11.6 Å². The zero-order valence-corrected chi connectivity index (χ0v) is 6.52. The van der Waals surface area contributed by atoms with Crippen molar-refractivity contribution in [1.82, 2.24) is 9.80 Å². The molecule has 0 amide bonds. The van der Waals surface area contributed by atoms with Gasteiger partial charge in [-0.2, -0.15) is 0 Å². The minimum absolute atomic E-state index is 0.855. The molecule has 1 aliphatic rings. The van der Waals surface area contributed by atoms with Gasteiger partial charge in [0.05, 0.1) is 6.67 Å². The Morgan fingerprint density at radius 3 is 2.67 bits per heavy atom. The smallest absolute Gasteiger partial charge is 0.102 e. The van der Waals surface area contributed by atoms with Gasteiger partial charge in [-0.25, -0.2) is 0 Å². The first-order valence-electron chi connectivity index (χ1n) is 2.95. The third-order valence-electron chi connectivity index (χ3n) is 1.39. The van der Waals surface area contributed by atoms with Crippen molar-refractivity contribution < 1.29 is 0 Å². The zero-order valence-electron chi connectivity index (χ0n) is 5.76. The number of nitrogens with zero attached hydrogens (tertiary/aromatic N) is 2. The fourth-order valence-corrected chi connectivity index (χ4v) is 0.997. The monoisotopic (exact) mass is 146 g/mol. The predicted octanol–water partition coefficient (Wildman–Crippen LogP) is 0.901. The highest BCUT2D eigenvalue weighted by atomic mass is 35.5. The van der Waals surface area contributed by atoms with Crippen LogP contribution in [0.1, 0.15) is 0 Å². The summed E-state index contributed by atoms with van der Waals surface area (Å²) in [6.45, 7) is 1.89. The summed E-state index contributed by atoms with van der Waals surface area (Å²) >= 11 is 5.79. The van der Waals surface area contributed by atoms with Crippen LogP contribution >= 0.6 is 11.6 Å². The SMILES string of the molecule is CN1CC=C(Cl)N(C)C1. The van der Waals surface area contributed by atoms with Gasteiger partial charge in [-0.15, -0.1) is 0 Å². The third kappa shape index (κ3) is 1.60. The van der Waals surface area contributed by atoms with Crippen LogP contribution < -0.4 is 0 Å². The van der Waals surface area contributed by atoms with Gasteiger partial charge in [0.2, 0.25) is 0 Å². The second-order valence-corrected chi connectivity index (χ2v) is 2.79. The first-order valence-corrected chi connectivity index (χ1v) is 3.33. The van der Waals surface area contributed by atoms with Crippen LogP contribution in [0.25, 0.3) is 0 Å². The van der Waals surface area contributed by atoms with E-state index >= 15 is 0 Å². The third-order valence-corrected chi connectivity index (χ3v) is 1.83. The highest BCUT2D eigenvalue weighted by Crippen LogP contribution is 2.11. The molecule has 1 heterocycles. The molecule has 0 saturated heterocycles. The number of halogens is 1. The normalized spacial score (nSPS) is 22.1. The molecule has 0 aromatic rings. The Morgan fingerprint density at radius 2 is 2.22 bits per heavy atom. The molecule has 1 rings (SSSR count). The first-order chi connectivity index (χ1) is 4.20. The average molecular weight is 147 g/mol. The lowest BCUT2D eigenvalue weighted by molar-refractivity contribution is 0.223. The van der Waals surface area contributed by atoms with E-state index in [2.05, 4.69) is 11.9 Å². The lowest BCUT2D eigenvalue weighted by Gasteiger charge is -2.29. The van der Waals surface area contributed by atoms with E-state index in [0.717, 1.165) is 18.4 Å². The van der Waals surface area contributed by atoms with Crippen molar-refractivity contribution in [2.45, 2.75) is 0 Å². The van der Waals surface area contributed by atoms with Crippen LogP contribution in [0, 0.1) is 0 Å². The second kappa shape index (κ2) is 2.58. The Kier molecular flexibility index (Phi) is 1.98. The highest BCUT2D eigenvalue weighted by molar-refractivity contribution is 6.29. The molecule has 52 valence electrons. The number of hydrogen-bond donors (Lipinski definition) is 0. The van der Waals surface area contributed by atoms with E-state index in [1.807, 2.05) is 18.0 Å². The molecule has 0 saturated carbocycles. The van der Waals surface area contributed by atoms with Crippen LogP contribution in [0.5, 0.6) is 0 Å². The van der Waals surface area contributed by atoms with Crippen molar-refractivity contribution in [2.75, 3.05) is 27.3 Å². The quantitative estimate of drug-likeness (QED) is 0.469. The average Bonchev–Trinajstić information content (AvgIpc) is 1.80. The van der Waals surface area contributed by atoms with Crippen LogP contribution in [0.4, 0.5) is 0 Å². The van der Waals surface area contributed by atoms with Gasteiger partial charge >= 0.3 is 0 Å². The maximum absolute atomic E-state index is 5.79. The Bertz CT molecular complexity index is 133. The summed E-state index contributed by atoms with van der Waals surface area (Å²) in [6, 6.07) is 0. The van der Waals surface area contributed by atoms with Crippen molar-refractivity contribution in [3.05, 3.63) is 11.2 Å². The molecule has 0 unspecified atom stereocenters. The van der Waals surface area contributed by atoms with Crippen LogP contribution in [-0.2, 0) is 0 Å². The summed E-state index contributed by atoms with van der Waals surface area (Å²) in [6.07, 6.45) is 2.01. The molecule has 1 aliphatic heterocycles. The van der Waals surface area contributed by atoms with Crippen molar-refractivity contribution in [2.24, 2.45) is 0 Å². The summed E-state index contributed by atoms with van der Waals surface area (Å²) in [5.41, 5.74) is 0. The summed E-state index contributed by atoms with van der Waals surface area (Å²) < 4.78 is 0. The fourth-order valence-electron chi connectivity index (χ4n) is 0.874. The maximum Gasteiger partial charge on any atom is 0.102 e. The lowest BCUT2D eigenvalue weighted by Crippen LogP contribution is -2.35. The summed E-state index contributed by atoms with van der Waals surface area (Å²) in [5, 5.41) is 0.855. The van der Waals surface area contributed by atoms with Crippen LogP contribution in [-0.4, -0.2) is 37.1 Å². The van der Waals surface area contributed by atoms with E-state index in [9.17, 15) is 0 Å². The van der Waals surface area contributed by atoms with E-state index in [4.69, 9.17) is 11.6 Å². The van der Waals surface area contributed by atoms with Crippen molar-refractivity contribution in [3.63, 3.8) is 0 Å². The second-order valence-electron chi connectivity index (χ2n) is 2.40. The van der Waals surface area contributed by atoms with Crippen LogP contribution in [0.2, 0.25) is 0 Å². The molecule has 0 aromatic heterocycles. The predicted molar refractivity (Wildman–Crippen MR) is 39.2 cm³/mol. The topological polar surface area (TPSA) is 6.48 Å². The van der Waals surface area contributed by atoms with Gasteiger partial charge in [-0.05, 0) is 13.1 Å². The molecule has 0 atom stereocenters. The molecule has 3 heteroatoms. The molecule has 0 spiro atoms. The zero-order chi connectivity index (χ0) is 6.85. The minimum Gasteiger partial charge on any atom is -0.353 e. The highest BCUT2D eigenvalue weighted by Gasteiger charge is 2.09. The van der Waals surface area contributed by atoms with Gasteiger partial charge in [0.15, 0.2) is 0 Å². The van der Waals surface area contributed by atoms with E-state index in [0.29, 0.717) is 0 Å². The molecule has 0 aromatic carbocycles. The van der Waals surface area contributed by atoms with Crippen molar-refractivity contribution >= 4 is 11.6 Å². The molecule has 0 bridgehead atoms. The van der Waals surface area contributed by atoms with Crippen LogP contribution in [0.3, 0.4) is 0 Å². The molecule has 0 fully saturated rings. The Labute approximate surface area is 60.7 Å². The van der Waals surface area contributed by atoms with Crippen molar-refractivity contribution in [3.8, 4) is 0 Å². The Morgan fingerprint density at radius 1 is 1.56 bits per heavy atom. The van der Waals surface area contributed by atoms with E-state index in [-0.39, 0.29) is 0 Å². The first kappa shape index (κ1) is 6.90. The largest absolute Gasteiger partial charge is 0.353 e. The van der Waals surface area contributed by atoms with Gasteiger partial charge in [0.25, 0.3) is 0 Å². The molecule has 0 N–H and O–H groups in total. The van der Waals surface area contributed by atoms with Crippen molar-refractivity contribution in [1.29, 1.82) is 0 Å². The lowest BCUT2D eigenvalue weighted by atomic mass is 10.4. The van der Waals surface area contributed by atoms with E-state index in [1.165, 1.54) is 0 Å². The molecule has 9 heavy (non-hydrogen) atoms. The minimum atomic E-state index is 0.855. The van der Waals surface area contributed by atoms with Gasteiger partial charge in [0.1, 0.15) is 5.16 Å². The Hall–Kier alpha value is -0.210. The molecular weight excluding hydrogens is 136 g/mol. The fraction of sp³-hybridized carbons (Fsp3) is 0.667. The van der Waals surface area contributed by atoms with Gasteiger partial charge < -0.3 is 4.90 Å². The van der Waals surface area contributed by atoms with Gasteiger partial charge in [0, 0.05) is 13.6 Å².